The van der Waals surface area contributed by atoms with Crippen LogP contribution in [0.25, 0.3) is 0 Å². The van der Waals surface area contributed by atoms with Crippen molar-refractivity contribution in [3.05, 3.63) is 0 Å². The summed E-state index contributed by atoms with van der Waals surface area (Å²) in [7, 11) is 0. The molecular formula is C8H16NSn. The van der Waals surface area contributed by atoms with Gasteiger partial charge in [0.25, 0.3) is 0 Å². The van der Waals surface area contributed by atoms with Gasteiger partial charge in [-0.25, -0.2) is 0 Å². The second kappa shape index (κ2) is 5.41. The van der Waals surface area contributed by atoms with Crippen molar-refractivity contribution < 1.29 is 0 Å². The molecule has 1 saturated heterocycles. The number of hydrogen-bond acceptors (Lipinski definition) is 1. The van der Waals surface area contributed by atoms with Crippen molar-refractivity contribution in [2.75, 3.05) is 19.6 Å². The Morgan fingerprint density at radius 3 is 2.40 bits per heavy atom. The van der Waals surface area contributed by atoms with E-state index < -0.39 is 0 Å². The summed E-state index contributed by atoms with van der Waals surface area (Å²) in [6, 6.07) is 0. The van der Waals surface area contributed by atoms with Crippen LogP contribution in [0.2, 0.25) is 4.44 Å². The first-order valence-electron chi connectivity index (χ1n) is 4.30. The van der Waals surface area contributed by atoms with Crippen molar-refractivity contribution in [2.24, 2.45) is 0 Å². The van der Waals surface area contributed by atoms with Crippen LogP contribution in [0.15, 0.2) is 0 Å². The molecule has 1 heterocycles. The Labute approximate surface area is 77.3 Å². The van der Waals surface area contributed by atoms with Crippen LogP contribution in [0.4, 0.5) is 0 Å². The number of piperidine rings is 1. The molecule has 0 atom stereocenters. The van der Waals surface area contributed by atoms with E-state index in [-0.39, 0.29) is 0 Å². The van der Waals surface area contributed by atoms with Gasteiger partial charge in [0.15, 0.2) is 0 Å². The average molecular weight is 245 g/mol. The molecule has 1 rings (SSSR count). The molecule has 3 radical (unpaired) electrons. The molecule has 2 heteroatoms. The van der Waals surface area contributed by atoms with E-state index in [1.54, 1.807) is 22.5 Å². The Morgan fingerprint density at radius 2 is 1.80 bits per heavy atom. The van der Waals surface area contributed by atoms with E-state index in [9.17, 15) is 0 Å². The number of hydrogen-bond donors (Lipinski definition) is 0. The normalized spacial score (nSPS) is 21.3. The van der Waals surface area contributed by atoms with Crippen LogP contribution in [-0.2, 0) is 0 Å². The summed E-state index contributed by atoms with van der Waals surface area (Å²) in [4.78, 5) is 2.62. The van der Waals surface area contributed by atoms with Gasteiger partial charge in [0.05, 0.1) is 0 Å². The quantitative estimate of drug-likeness (QED) is 0.680. The van der Waals surface area contributed by atoms with Crippen molar-refractivity contribution in [3.8, 4) is 0 Å². The van der Waals surface area contributed by atoms with Gasteiger partial charge in [0.2, 0.25) is 0 Å². The summed E-state index contributed by atoms with van der Waals surface area (Å²) in [6.07, 6.45) is 5.78. The first-order valence-corrected chi connectivity index (χ1v) is 6.32. The molecule has 0 aliphatic carbocycles. The van der Waals surface area contributed by atoms with Crippen LogP contribution in [-0.4, -0.2) is 47.1 Å². The summed E-state index contributed by atoms with van der Waals surface area (Å²) in [5, 5.41) is 0. The average Bonchev–Trinajstić information content (AvgIpc) is 2.03. The zero-order valence-electron chi connectivity index (χ0n) is 6.60. The molecule has 0 spiro atoms. The maximum absolute atomic E-state index is 2.62. The number of likely N-dealkylation sites (tertiary alicyclic amines) is 1. The fourth-order valence-corrected chi connectivity index (χ4v) is 1.94. The molecule has 57 valence electrons. The Bertz CT molecular complexity index is 79.3. The molecule has 0 N–H and O–H groups in total. The predicted molar refractivity (Wildman–Crippen MR) is 45.5 cm³/mol. The summed E-state index contributed by atoms with van der Waals surface area (Å²) < 4.78 is 1.43. The van der Waals surface area contributed by atoms with Gasteiger partial charge in [-0.3, -0.25) is 0 Å². The van der Waals surface area contributed by atoms with E-state index in [1.807, 2.05) is 0 Å². The maximum atomic E-state index is 2.62. The van der Waals surface area contributed by atoms with Crippen molar-refractivity contribution >= 4 is 22.5 Å². The van der Waals surface area contributed by atoms with Gasteiger partial charge in [-0.05, 0) is 0 Å². The molecule has 0 amide bonds. The third-order valence-corrected chi connectivity index (χ3v) is 3.11. The summed E-state index contributed by atoms with van der Waals surface area (Å²) in [6.45, 7) is 4.11. The molecular weight excluding hydrogens is 229 g/mol. The number of nitrogens with zero attached hydrogens (tertiary/aromatic N) is 1. The monoisotopic (exact) mass is 246 g/mol. The first-order chi connectivity index (χ1) is 4.93. The topological polar surface area (TPSA) is 3.24 Å². The summed E-state index contributed by atoms with van der Waals surface area (Å²) >= 11 is 1.70. The second-order valence-corrected chi connectivity index (χ2v) is 4.43. The Morgan fingerprint density at radius 1 is 1.10 bits per heavy atom. The van der Waals surface area contributed by atoms with E-state index in [2.05, 4.69) is 4.90 Å². The summed E-state index contributed by atoms with van der Waals surface area (Å²) in [5.74, 6) is 0. The number of rotatable bonds is 3. The molecule has 0 aromatic heterocycles. The van der Waals surface area contributed by atoms with Gasteiger partial charge in [-0.1, -0.05) is 0 Å². The Balaban J connectivity index is 2.02. The Hall–Kier alpha value is 0.759. The first kappa shape index (κ1) is 8.85. The molecule has 0 aromatic rings. The van der Waals surface area contributed by atoms with Crippen molar-refractivity contribution in [2.45, 2.75) is 30.1 Å². The molecule has 1 aliphatic rings. The molecule has 0 unspecified atom stereocenters. The molecule has 1 fully saturated rings. The van der Waals surface area contributed by atoms with E-state index in [0.717, 1.165) is 0 Å². The van der Waals surface area contributed by atoms with Gasteiger partial charge in [0.1, 0.15) is 0 Å². The third kappa shape index (κ3) is 3.24. The zero-order valence-corrected chi connectivity index (χ0v) is 9.46. The van der Waals surface area contributed by atoms with Crippen LogP contribution < -0.4 is 0 Å². The van der Waals surface area contributed by atoms with E-state index in [1.165, 1.54) is 49.8 Å². The van der Waals surface area contributed by atoms with Gasteiger partial charge in [-0.2, -0.15) is 0 Å². The van der Waals surface area contributed by atoms with E-state index in [4.69, 9.17) is 0 Å². The fraction of sp³-hybridized carbons (Fsp3) is 1.00. The van der Waals surface area contributed by atoms with Gasteiger partial charge < -0.3 is 0 Å². The summed E-state index contributed by atoms with van der Waals surface area (Å²) in [5.41, 5.74) is 0. The minimum absolute atomic E-state index is 1.37. The second-order valence-electron chi connectivity index (χ2n) is 3.01. The molecule has 0 aromatic carbocycles. The minimum atomic E-state index is 1.37. The van der Waals surface area contributed by atoms with Gasteiger partial charge in [0, 0.05) is 0 Å². The van der Waals surface area contributed by atoms with Gasteiger partial charge in [-0.15, -0.1) is 0 Å². The van der Waals surface area contributed by atoms with Crippen molar-refractivity contribution in [3.63, 3.8) is 0 Å². The van der Waals surface area contributed by atoms with Gasteiger partial charge >= 0.3 is 77.2 Å². The SMILES string of the molecule is [Sn][CH2]CCN1CCCCC1. The molecule has 1 aliphatic heterocycles. The fourth-order valence-electron chi connectivity index (χ4n) is 1.49. The van der Waals surface area contributed by atoms with Crippen LogP contribution >= 0.6 is 0 Å². The standard InChI is InChI=1S/C8H16N.Sn/c1-2-6-9-7-4-3-5-8-9;/h1-8H2;. The van der Waals surface area contributed by atoms with E-state index >= 15 is 0 Å². The zero-order chi connectivity index (χ0) is 7.23. The van der Waals surface area contributed by atoms with Crippen LogP contribution in [0.5, 0.6) is 0 Å². The molecule has 0 saturated carbocycles. The van der Waals surface area contributed by atoms with Crippen molar-refractivity contribution in [1.82, 2.24) is 4.90 Å². The molecule has 1 nitrogen and oxygen atoms in total. The van der Waals surface area contributed by atoms with Crippen LogP contribution in [0, 0.1) is 0 Å². The molecule has 10 heavy (non-hydrogen) atoms. The van der Waals surface area contributed by atoms with Crippen LogP contribution in [0.3, 0.4) is 0 Å². The third-order valence-electron chi connectivity index (χ3n) is 2.10. The van der Waals surface area contributed by atoms with E-state index in [0.29, 0.717) is 0 Å². The Kier molecular flexibility index (Phi) is 4.79. The van der Waals surface area contributed by atoms with Crippen LogP contribution in [0.1, 0.15) is 25.7 Å². The molecule has 0 bridgehead atoms. The van der Waals surface area contributed by atoms with Crippen molar-refractivity contribution in [1.29, 1.82) is 0 Å². The predicted octanol–water partition coefficient (Wildman–Crippen LogP) is 1.45.